The zero-order valence-electron chi connectivity index (χ0n) is 21.2. The van der Waals surface area contributed by atoms with Crippen LogP contribution in [0.25, 0.3) is 22.5 Å². The second-order valence-corrected chi connectivity index (χ2v) is 8.71. The van der Waals surface area contributed by atoms with Crippen LogP contribution in [0.1, 0.15) is 42.6 Å². The van der Waals surface area contributed by atoms with Crippen LogP contribution in [0.15, 0.2) is 72.8 Å². The Bertz CT molecular complexity index is 1350. The maximum absolute atomic E-state index is 11.7. The molecule has 0 aliphatic rings. The number of hydrogen-bond acceptors (Lipinski definition) is 5. The zero-order valence-corrected chi connectivity index (χ0v) is 21.2. The summed E-state index contributed by atoms with van der Waals surface area (Å²) in [5.74, 6) is 0.0548. The number of carboxylic acid groups (broad SMARTS) is 1. The highest BCUT2D eigenvalue weighted by molar-refractivity contribution is 5.90. The first kappa shape index (κ1) is 25.8. The van der Waals surface area contributed by atoms with E-state index in [4.69, 9.17) is 14.6 Å². The van der Waals surface area contributed by atoms with Crippen molar-refractivity contribution in [3.63, 3.8) is 0 Å². The van der Waals surface area contributed by atoms with Gasteiger partial charge < -0.3 is 19.7 Å². The minimum atomic E-state index is -1.01. The summed E-state index contributed by atoms with van der Waals surface area (Å²) in [5, 5.41) is 24.7. The van der Waals surface area contributed by atoms with Crippen molar-refractivity contribution < 1.29 is 24.5 Å². The van der Waals surface area contributed by atoms with Gasteiger partial charge in [-0.25, -0.2) is 4.79 Å². The molecular weight excluding hydrogens is 468 g/mol. The molecule has 0 aliphatic heterocycles. The average molecular weight is 501 g/mol. The van der Waals surface area contributed by atoms with E-state index in [1.807, 2.05) is 41.9 Å². The molecule has 0 bridgehead atoms. The van der Waals surface area contributed by atoms with Crippen molar-refractivity contribution >= 4 is 5.97 Å². The molecule has 0 atom stereocenters. The number of nitrogens with zero attached hydrogens (tertiary/aromatic N) is 2. The van der Waals surface area contributed by atoms with Crippen LogP contribution in [0, 0.1) is 0 Å². The van der Waals surface area contributed by atoms with Crippen molar-refractivity contribution in [3.05, 3.63) is 83.9 Å². The summed E-state index contributed by atoms with van der Waals surface area (Å²) in [6.07, 6.45) is 2.65. The van der Waals surface area contributed by atoms with Crippen molar-refractivity contribution in [2.24, 2.45) is 0 Å². The molecule has 0 amide bonds. The van der Waals surface area contributed by atoms with Gasteiger partial charge in [0.1, 0.15) is 5.75 Å². The lowest BCUT2D eigenvalue weighted by Crippen LogP contribution is -2.06. The van der Waals surface area contributed by atoms with Crippen molar-refractivity contribution in [3.8, 4) is 39.8 Å². The van der Waals surface area contributed by atoms with Crippen LogP contribution in [0.3, 0.4) is 0 Å². The van der Waals surface area contributed by atoms with Gasteiger partial charge in [-0.15, -0.1) is 0 Å². The smallest absolute Gasteiger partial charge is 0.335 e. The fraction of sp³-hybridized carbons (Fsp3) is 0.267. The second-order valence-electron chi connectivity index (χ2n) is 8.71. The van der Waals surface area contributed by atoms with Gasteiger partial charge in [0.2, 0.25) is 0 Å². The Morgan fingerprint density at radius 3 is 2.49 bits per heavy atom. The van der Waals surface area contributed by atoms with E-state index < -0.39 is 5.97 Å². The van der Waals surface area contributed by atoms with E-state index in [1.54, 1.807) is 30.3 Å². The molecule has 0 radical (unpaired) electrons. The molecule has 3 aromatic carbocycles. The standard InChI is InChI=1S/C30H32N2O5/c1-3-5-17-37-28-14-12-23(30(34)35)18-24(28)25-20-26(22-11-13-27(33)29(19-22)36-4-2)32(31-25)16-15-21-9-7-6-8-10-21/h6-14,18-20,33H,3-5,15-17H2,1-2H3,(H,34,35). The van der Waals surface area contributed by atoms with Gasteiger partial charge in [-0.1, -0.05) is 43.7 Å². The molecule has 0 spiro atoms. The Labute approximate surface area is 216 Å². The Hall–Kier alpha value is -4.26. The third kappa shape index (κ3) is 6.30. The van der Waals surface area contributed by atoms with E-state index in [1.165, 1.54) is 5.56 Å². The number of carboxylic acids is 1. The van der Waals surface area contributed by atoms with Crippen LogP contribution in [0.5, 0.6) is 17.2 Å². The van der Waals surface area contributed by atoms with Gasteiger partial charge in [-0.2, -0.15) is 5.10 Å². The van der Waals surface area contributed by atoms with Gasteiger partial charge in [0, 0.05) is 17.7 Å². The lowest BCUT2D eigenvalue weighted by Gasteiger charge is -2.11. The molecule has 0 saturated carbocycles. The van der Waals surface area contributed by atoms with Gasteiger partial charge >= 0.3 is 5.97 Å². The molecule has 1 heterocycles. The minimum Gasteiger partial charge on any atom is -0.504 e. The molecule has 0 unspecified atom stereocenters. The number of benzene rings is 3. The molecule has 7 nitrogen and oxygen atoms in total. The van der Waals surface area contributed by atoms with E-state index in [0.29, 0.717) is 42.5 Å². The van der Waals surface area contributed by atoms with E-state index >= 15 is 0 Å². The van der Waals surface area contributed by atoms with Crippen molar-refractivity contribution in [1.82, 2.24) is 9.78 Å². The molecular formula is C30H32N2O5. The predicted octanol–water partition coefficient (Wildman–Crippen LogP) is 6.44. The first-order chi connectivity index (χ1) is 18.0. The number of ether oxygens (including phenoxy) is 2. The highest BCUT2D eigenvalue weighted by atomic mass is 16.5. The molecule has 0 fully saturated rings. The van der Waals surface area contributed by atoms with Crippen molar-refractivity contribution in [1.29, 1.82) is 0 Å². The number of hydrogen-bond donors (Lipinski definition) is 2. The van der Waals surface area contributed by atoms with Crippen molar-refractivity contribution in [2.45, 2.75) is 39.7 Å². The minimum absolute atomic E-state index is 0.0712. The van der Waals surface area contributed by atoms with Gasteiger partial charge in [-0.3, -0.25) is 4.68 Å². The number of aromatic hydroxyl groups is 1. The Balaban J connectivity index is 1.79. The molecule has 4 rings (SSSR count). The molecule has 192 valence electrons. The molecule has 1 aromatic heterocycles. The third-order valence-electron chi connectivity index (χ3n) is 6.05. The number of aromatic nitrogens is 2. The average Bonchev–Trinajstić information content (AvgIpc) is 3.34. The van der Waals surface area contributed by atoms with Crippen LogP contribution in [-0.2, 0) is 13.0 Å². The Kier molecular flexibility index (Phi) is 8.46. The summed E-state index contributed by atoms with van der Waals surface area (Å²) in [7, 11) is 0. The SMILES string of the molecule is CCCCOc1ccc(C(=O)O)cc1-c1cc(-c2ccc(O)c(OCC)c2)n(CCc2ccccc2)n1. The quantitative estimate of drug-likeness (QED) is 0.217. The number of phenolic OH excluding ortho intramolecular Hbond substituents is 1. The zero-order chi connectivity index (χ0) is 26.2. The highest BCUT2D eigenvalue weighted by Gasteiger charge is 2.18. The maximum Gasteiger partial charge on any atom is 0.335 e. The monoisotopic (exact) mass is 500 g/mol. The number of aromatic carboxylic acids is 1. The summed E-state index contributed by atoms with van der Waals surface area (Å²) in [6, 6.07) is 22.2. The van der Waals surface area contributed by atoms with E-state index in [-0.39, 0.29) is 11.3 Å². The second kappa shape index (κ2) is 12.1. The molecule has 0 saturated heterocycles. The lowest BCUT2D eigenvalue weighted by atomic mass is 10.0. The number of aryl methyl sites for hydroxylation is 2. The summed E-state index contributed by atoms with van der Waals surface area (Å²) < 4.78 is 13.5. The molecule has 7 heteroatoms. The molecule has 4 aromatic rings. The van der Waals surface area contributed by atoms with Crippen molar-refractivity contribution in [2.75, 3.05) is 13.2 Å². The first-order valence-electron chi connectivity index (χ1n) is 12.6. The fourth-order valence-corrected chi connectivity index (χ4v) is 4.09. The number of rotatable bonds is 12. The summed E-state index contributed by atoms with van der Waals surface area (Å²) in [4.78, 5) is 11.7. The molecule has 0 aliphatic carbocycles. The van der Waals surface area contributed by atoms with Gasteiger partial charge in [0.25, 0.3) is 0 Å². The van der Waals surface area contributed by atoms with E-state index in [9.17, 15) is 15.0 Å². The fourth-order valence-electron chi connectivity index (χ4n) is 4.09. The van der Waals surface area contributed by atoms with Crippen LogP contribution >= 0.6 is 0 Å². The van der Waals surface area contributed by atoms with E-state index in [2.05, 4.69) is 19.1 Å². The summed E-state index contributed by atoms with van der Waals surface area (Å²) in [5.41, 5.74) is 4.25. The van der Waals surface area contributed by atoms with Gasteiger partial charge in [-0.05, 0) is 67.8 Å². The van der Waals surface area contributed by atoms with Crippen LogP contribution in [0.2, 0.25) is 0 Å². The van der Waals surface area contributed by atoms with Crippen LogP contribution < -0.4 is 9.47 Å². The predicted molar refractivity (Wildman–Crippen MR) is 143 cm³/mol. The number of phenols is 1. The topological polar surface area (TPSA) is 93.8 Å². The normalized spacial score (nSPS) is 10.9. The van der Waals surface area contributed by atoms with E-state index in [0.717, 1.165) is 30.5 Å². The van der Waals surface area contributed by atoms with Crippen LogP contribution in [0.4, 0.5) is 0 Å². The number of unbranched alkanes of at least 4 members (excludes halogenated alkanes) is 1. The Morgan fingerprint density at radius 1 is 0.946 bits per heavy atom. The van der Waals surface area contributed by atoms with Gasteiger partial charge in [0.15, 0.2) is 11.5 Å². The molecule has 37 heavy (non-hydrogen) atoms. The first-order valence-corrected chi connectivity index (χ1v) is 12.6. The van der Waals surface area contributed by atoms with Crippen LogP contribution in [-0.4, -0.2) is 39.2 Å². The number of carbonyl (C=O) groups is 1. The molecule has 2 N–H and O–H groups in total. The summed E-state index contributed by atoms with van der Waals surface area (Å²) in [6.45, 7) is 5.52. The summed E-state index contributed by atoms with van der Waals surface area (Å²) >= 11 is 0. The lowest BCUT2D eigenvalue weighted by molar-refractivity contribution is 0.0697. The van der Waals surface area contributed by atoms with Gasteiger partial charge in [0.05, 0.1) is 30.2 Å². The maximum atomic E-state index is 11.7. The largest absolute Gasteiger partial charge is 0.504 e. The third-order valence-corrected chi connectivity index (χ3v) is 6.05. The highest BCUT2D eigenvalue weighted by Crippen LogP contribution is 2.36. The Morgan fingerprint density at radius 2 is 1.76 bits per heavy atom.